The highest BCUT2D eigenvalue weighted by atomic mass is 16.4. The first-order chi connectivity index (χ1) is 11.1. The van der Waals surface area contributed by atoms with Gasteiger partial charge >= 0.3 is 5.97 Å². The SMILES string of the molecule is O=C(N[C@@H](Cc1c[nH]c2ccccc12)C(=O)O)C1=CCCCC1. The Labute approximate surface area is 134 Å². The molecular weight excluding hydrogens is 292 g/mol. The fraction of sp³-hybridized carbons (Fsp3) is 0.333. The monoisotopic (exact) mass is 312 g/mol. The summed E-state index contributed by atoms with van der Waals surface area (Å²) in [6.45, 7) is 0. The summed E-state index contributed by atoms with van der Waals surface area (Å²) in [6.07, 6.45) is 7.69. The van der Waals surface area contributed by atoms with Gasteiger partial charge in [-0.05, 0) is 37.3 Å². The summed E-state index contributed by atoms with van der Waals surface area (Å²) in [5.41, 5.74) is 2.57. The van der Waals surface area contributed by atoms with Crippen molar-refractivity contribution < 1.29 is 14.7 Å². The Morgan fingerprint density at radius 2 is 2.09 bits per heavy atom. The Morgan fingerprint density at radius 3 is 2.83 bits per heavy atom. The number of aromatic nitrogens is 1. The Hall–Kier alpha value is -2.56. The largest absolute Gasteiger partial charge is 0.480 e. The van der Waals surface area contributed by atoms with Crippen molar-refractivity contribution in [2.75, 3.05) is 0 Å². The van der Waals surface area contributed by atoms with E-state index in [1.54, 1.807) is 0 Å². The van der Waals surface area contributed by atoms with Crippen LogP contribution in [0.15, 0.2) is 42.1 Å². The van der Waals surface area contributed by atoms with E-state index in [1.165, 1.54) is 0 Å². The standard InChI is InChI=1S/C18H20N2O3/c21-17(12-6-2-1-3-7-12)20-16(18(22)23)10-13-11-19-15-9-5-4-8-14(13)15/h4-6,8-9,11,16,19H,1-3,7,10H2,(H,20,21)(H,22,23)/t16-/m0/s1. The number of carbonyl (C=O) groups excluding carboxylic acids is 1. The predicted octanol–water partition coefficient (Wildman–Crippen LogP) is 2.78. The van der Waals surface area contributed by atoms with Crippen LogP contribution in [0.2, 0.25) is 0 Å². The molecule has 2 aromatic rings. The van der Waals surface area contributed by atoms with Gasteiger partial charge in [0, 0.05) is 29.1 Å². The van der Waals surface area contributed by atoms with E-state index in [0.717, 1.165) is 42.1 Å². The number of amides is 1. The third kappa shape index (κ3) is 3.44. The van der Waals surface area contributed by atoms with Crippen LogP contribution in [0.4, 0.5) is 0 Å². The van der Waals surface area contributed by atoms with Gasteiger partial charge < -0.3 is 15.4 Å². The minimum Gasteiger partial charge on any atom is -0.480 e. The second-order valence-electron chi connectivity index (χ2n) is 5.90. The molecule has 1 aliphatic carbocycles. The van der Waals surface area contributed by atoms with Crippen molar-refractivity contribution in [1.82, 2.24) is 10.3 Å². The molecule has 0 unspecified atom stereocenters. The van der Waals surface area contributed by atoms with Gasteiger partial charge in [-0.15, -0.1) is 0 Å². The van der Waals surface area contributed by atoms with Crippen molar-refractivity contribution in [2.24, 2.45) is 0 Å². The number of benzene rings is 1. The highest BCUT2D eigenvalue weighted by Gasteiger charge is 2.23. The summed E-state index contributed by atoms with van der Waals surface area (Å²) in [7, 11) is 0. The summed E-state index contributed by atoms with van der Waals surface area (Å²) in [4.78, 5) is 26.9. The normalized spacial score (nSPS) is 15.9. The van der Waals surface area contributed by atoms with Crippen molar-refractivity contribution in [3.05, 3.63) is 47.7 Å². The van der Waals surface area contributed by atoms with Crippen LogP contribution in [0.25, 0.3) is 10.9 Å². The number of aromatic amines is 1. The van der Waals surface area contributed by atoms with E-state index >= 15 is 0 Å². The van der Waals surface area contributed by atoms with Crippen LogP contribution in [-0.4, -0.2) is 28.0 Å². The quantitative estimate of drug-likeness (QED) is 0.794. The van der Waals surface area contributed by atoms with Gasteiger partial charge in [0.2, 0.25) is 5.91 Å². The molecule has 0 bridgehead atoms. The number of carboxylic acid groups (broad SMARTS) is 1. The number of allylic oxidation sites excluding steroid dienone is 1. The van der Waals surface area contributed by atoms with Gasteiger partial charge in [-0.2, -0.15) is 0 Å². The Morgan fingerprint density at radius 1 is 1.26 bits per heavy atom. The third-order valence-electron chi connectivity index (χ3n) is 4.29. The Balaban J connectivity index is 1.75. The maximum atomic E-state index is 12.3. The van der Waals surface area contributed by atoms with E-state index in [9.17, 15) is 14.7 Å². The van der Waals surface area contributed by atoms with Crippen molar-refractivity contribution in [2.45, 2.75) is 38.1 Å². The molecule has 1 amide bonds. The lowest BCUT2D eigenvalue weighted by molar-refractivity contribution is -0.141. The van der Waals surface area contributed by atoms with Crippen LogP contribution in [-0.2, 0) is 16.0 Å². The van der Waals surface area contributed by atoms with E-state index in [1.807, 2.05) is 36.5 Å². The number of aliphatic carboxylic acids is 1. The van der Waals surface area contributed by atoms with Crippen molar-refractivity contribution in [3.8, 4) is 0 Å². The number of H-pyrrole nitrogens is 1. The molecule has 1 atom stereocenters. The van der Waals surface area contributed by atoms with Gasteiger partial charge in [0.25, 0.3) is 0 Å². The average Bonchev–Trinajstić information content (AvgIpc) is 2.98. The molecule has 0 fully saturated rings. The molecule has 0 aliphatic heterocycles. The Kier molecular flexibility index (Phi) is 4.46. The van der Waals surface area contributed by atoms with Gasteiger partial charge in [-0.25, -0.2) is 4.79 Å². The van der Waals surface area contributed by atoms with Crippen LogP contribution >= 0.6 is 0 Å². The zero-order valence-corrected chi connectivity index (χ0v) is 12.8. The number of rotatable bonds is 5. The summed E-state index contributed by atoms with van der Waals surface area (Å²) in [5, 5.41) is 13.1. The number of hydrogen-bond acceptors (Lipinski definition) is 2. The fourth-order valence-corrected chi connectivity index (χ4v) is 3.02. The molecule has 5 nitrogen and oxygen atoms in total. The van der Waals surface area contributed by atoms with E-state index in [4.69, 9.17) is 0 Å². The number of fused-ring (bicyclic) bond motifs is 1. The molecule has 1 aromatic carbocycles. The second-order valence-corrected chi connectivity index (χ2v) is 5.90. The first kappa shape index (κ1) is 15.3. The van der Waals surface area contributed by atoms with E-state index < -0.39 is 12.0 Å². The number of carboxylic acids is 1. The molecule has 1 heterocycles. The maximum Gasteiger partial charge on any atom is 0.326 e. The minimum atomic E-state index is -1.01. The van der Waals surface area contributed by atoms with Crippen LogP contribution in [0.3, 0.4) is 0 Å². The molecule has 1 aromatic heterocycles. The first-order valence-corrected chi connectivity index (χ1v) is 7.93. The predicted molar refractivity (Wildman–Crippen MR) is 88.1 cm³/mol. The fourth-order valence-electron chi connectivity index (χ4n) is 3.02. The molecule has 5 heteroatoms. The number of para-hydroxylation sites is 1. The lowest BCUT2D eigenvalue weighted by Crippen LogP contribution is -2.43. The average molecular weight is 312 g/mol. The second kappa shape index (κ2) is 6.69. The summed E-state index contributed by atoms with van der Waals surface area (Å²) < 4.78 is 0. The van der Waals surface area contributed by atoms with Gasteiger partial charge in [-0.1, -0.05) is 24.3 Å². The molecule has 3 rings (SSSR count). The van der Waals surface area contributed by atoms with Crippen LogP contribution in [0.1, 0.15) is 31.2 Å². The molecule has 0 saturated heterocycles. The lowest BCUT2D eigenvalue weighted by Gasteiger charge is -2.17. The summed E-state index contributed by atoms with van der Waals surface area (Å²) in [5.74, 6) is -1.27. The Bertz CT molecular complexity index is 760. The molecule has 0 spiro atoms. The minimum absolute atomic E-state index is 0.253. The van der Waals surface area contributed by atoms with E-state index in [-0.39, 0.29) is 12.3 Å². The summed E-state index contributed by atoms with van der Waals surface area (Å²) >= 11 is 0. The van der Waals surface area contributed by atoms with Crippen molar-refractivity contribution in [1.29, 1.82) is 0 Å². The van der Waals surface area contributed by atoms with Gasteiger partial charge in [0.05, 0.1) is 0 Å². The molecular formula is C18H20N2O3. The third-order valence-corrected chi connectivity index (χ3v) is 4.29. The van der Waals surface area contributed by atoms with Crippen LogP contribution < -0.4 is 5.32 Å². The number of nitrogens with one attached hydrogen (secondary N) is 2. The van der Waals surface area contributed by atoms with Crippen LogP contribution in [0.5, 0.6) is 0 Å². The van der Waals surface area contributed by atoms with Crippen LogP contribution in [0, 0.1) is 0 Å². The molecule has 23 heavy (non-hydrogen) atoms. The van der Waals surface area contributed by atoms with Gasteiger partial charge in [0.1, 0.15) is 6.04 Å². The maximum absolute atomic E-state index is 12.3. The van der Waals surface area contributed by atoms with Gasteiger partial charge in [-0.3, -0.25) is 4.79 Å². The highest BCUT2D eigenvalue weighted by molar-refractivity contribution is 5.96. The number of hydrogen-bond donors (Lipinski definition) is 3. The van der Waals surface area contributed by atoms with Crippen molar-refractivity contribution in [3.63, 3.8) is 0 Å². The lowest BCUT2D eigenvalue weighted by atomic mass is 9.98. The smallest absolute Gasteiger partial charge is 0.326 e. The molecule has 120 valence electrons. The zero-order chi connectivity index (χ0) is 16.2. The van der Waals surface area contributed by atoms with Crippen molar-refractivity contribution >= 4 is 22.8 Å². The number of carbonyl (C=O) groups is 2. The summed E-state index contributed by atoms with van der Waals surface area (Å²) in [6, 6.07) is 6.81. The zero-order valence-electron chi connectivity index (χ0n) is 12.8. The molecule has 1 aliphatic rings. The van der Waals surface area contributed by atoms with E-state index in [2.05, 4.69) is 10.3 Å². The van der Waals surface area contributed by atoms with Gasteiger partial charge in [0.15, 0.2) is 0 Å². The topological polar surface area (TPSA) is 82.2 Å². The molecule has 3 N–H and O–H groups in total. The molecule has 0 saturated carbocycles. The highest BCUT2D eigenvalue weighted by Crippen LogP contribution is 2.20. The molecule has 0 radical (unpaired) electrons. The van der Waals surface area contributed by atoms with E-state index in [0.29, 0.717) is 5.57 Å². The first-order valence-electron chi connectivity index (χ1n) is 7.93.